The molecule has 0 aliphatic rings. The molecule has 0 heterocycles. The van der Waals surface area contributed by atoms with Gasteiger partial charge in [-0.3, -0.25) is 0 Å². The van der Waals surface area contributed by atoms with Crippen LogP contribution in [0.2, 0.25) is 0 Å². The third kappa shape index (κ3) is 5.04. The quantitative estimate of drug-likeness (QED) is 0.265. The second kappa shape index (κ2) is 8.72. The van der Waals surface area contributed by atoms with Gasteiger partial charge in [0, 0.05) is 0 Å². The van der Waals surface area contributed by atoms with Gasteiger partial charge in [0.1, 0.15) is 19.9 Å². The van der Waals surface area contributed by atoms with Crippen molar-refractivity contribution in [3.05, 3.63) is 91.0 Å². The molecule has 34 heavy (non-hydrogen) atoms. The van der Waals surface area contributed by atoms with Gasteiger partial charge in [0.25, 0.3) is 0 Å². The van der Waals surface area contributed by atoms with Crippen LogP contribution in [0.1, 0.15) is 0 Å². The predicted molar refractivity (Wildman–Crippen MR) is 120 cm³/mol. The third-order valence-electron chi connectivity index (χ3n) is 4.63. The van der Waals surface area contributed by atoms with Crippen molar-refractivity contribution < 1.29 is 38.2 Å². The lowest BCUT2D eigenvalue weighted by Crippen LogP contribution is -2.13. The fourth-order valence-corrected chi connectivity index (χ4v) is 5.44. The Kier molecular flexibility index (Phi) is 6.08. The molecule has 0 radical (unpaired) electrons. The molecule has 0 bridgehead atoms. The van der Waals surface area contributed by atoms with Crippen LogP contribution in [0.5, 0.6) is 11.5 Å². The minimum absolute atomic E-state index is 0.111. The molecule has 0 saturated carbocycles. The average Bonchev–Trinajstić information content (AvgIpc) is 2.79. The summed E-state index contributed by atoms with van der Waals surface area (Å²) >= 11 is 0. The Balaban J connectivity index is 1.87. The van der Waals surface area contributed by atoms with E-state index >= 15 is 0 Å². The highest BCUT2D eigenvalue weighted by Gasteiger charge is 2.24. The van der Waals surface area contributed by atoms with E-state index in [1.165, 1.54) is 60.7 Å². The van der Waals surface area contributed by atoms with E-state index in [0.29, 0.717) is 0 Å². The second-order valence-corrected chi connectivity index (χ2v) is 11.4. The average molecular weight is 520 g/mol. The van der Waals surface area contributed by atoms with E-state index in [1.54, 1.807) is 12.1 Å². The number of rotatable bonds is 7. The topological polar surface area (TPSA) is 144 Å². The maximum absolute atomic E-state index is 12.8. The van der Waals surface area contributed by atoms with Gasteiger partial charge in [0.15, 0.2) is 11.5 Å². The molecule has 12 heteroatoms. The zero-order chi connectivity index (χ0) is 24.6. The van der Waals surface area contributed by atoms with Crippen LogP contribution in [0.25, 0.3) is 10.8 Å². The van der Waals surface area contributed by atoms with Crippen LogP contribution < -0.4 is 8.37 Å². The van der Waals surface area contributed by atoms with E-state index < -0.39 is 46.7 Å². The first-order valence-electron chi connectivity index (χ1n) is 9.48. The fourth-order valence-electron chi connectivity index (χ4n) is 3.03. The van der Waals surface area contributed by atoms with Crippen LogP contribution in [0.15, 0.2) is 106 Å². The zero-order valence-corrected chi connectivity index (χ0v) is 19.5. The number of hydrogen-bond acceptors (Lipinski definition) is 9. The molecule has 0 saturated heterocycles. The van der Waals surface area contributed by atoms with E-state index in [1.807, 2.05) is 0 Å². The molecule has 0 aliphatic heterocycles. The lowest BCUT2D eigenvalue weighted by molar-refractivity contribution is 0.450. The van der Waals surface area contributed by atoms with E-state index in [2.05, 4.69) is 0 Å². The molecule has 0 atom stereocenters. The molecule has 4 aromatic carbocycles. The van der Waals surface area contributed by atoms with Crippen molar-refractivity contribution in [2.75, 3.05) is 0 Å². The summed E-state index contributed by atoms with van der Waals surface area (Å²) in [5.74, 6) is -0.968. The molecule has 0 aromatic heterocycles. The highest BCUT2D eigenvalue weighted by molar-refractivity contribution is 7.87. The largest absolute Gasteiger partial charge is 0.744 e. The summed E-state index contributed by atoms with van der Waals surface area (Å²) in [6.45, 7) is 0. The van der Waals surface area contributed by atoms with Gasteiger partial charge >= 0.3 is 20.2 Å². The maximum atomic E-state index is 12.8. The van der Waals surface area contributed by atoms with E-state index in [-0.39, 0.29) is 20.6 Å². The van der Waals surface area contributed by atoms with Gasteiger partial charge in [0.2, 0.25) is 0 Å². The third-order valence-corrected chi connectivity index (χ3v) is 7.95. The summed E-state index contributed by atoms with van der Waals surface area (Å²) in [5, 5.41) is 0.384. The molecule has 0 spiro atoms. The molecule has 0 amide bonds. The summed E-state index contributed by atoms with van der Waals surface area (Å²) in [7, 11) is -13.6. The van der Waals surface area contributed by atoms with Crippen molar-refractivity contribution in [1.82, 2.24) is 0 Å². The Morgan fingerprint density at radius 1 is 0.500 bits per heavy atom. The SMILES string of the molecule is O=S(=O)([O-])c1ccc2cc(OS(=O)(=O)c3ccccc3)c(OS(=O)(=O)c3ccccc3)cc2c1. The van der Waals surface area contributed by atoms with Crippen molar-refractivity contribution in [1.29, 1.82) is 0 Å². The Morgan fingerprint density at radius 3 is 1.38 bits per heavy atom. The van der Waals surface area contributed by atoms with Crippen LogP contribution in [0.3, 0.4) is 0 Å². The monoisotopic (exact) mass is 519 g/mol. The maximum Gasteiger partial charge on any atom is 0.339 e. The van der Waals surface area contributed by atoms with E-state index in [4.69, 9.17) is 8.37 Å². The number of hydrogen-bond donors (Lipinski definition) is 0. The van der Waals surface area contributed by atoms with Crippen LogP contribution in [0, 0.1) is 0 Å². The highest BCUT2D eigenvalue weighted by atomic mass is 32.2. The van der Waals surface area contributed by atoms with Crippen molar-refractivity contribution in [3.8, 4) is 11.5 Å². The lowest BCUT2D eigenvalue weighted by Gasteiger charge is -2.15. The summed E-state index contributed by atoms with van der Waals surface area (Å²) in [4.78, 5) is -0.940. The van der Waals surface area contributed by atoms with Crippen LogP contribution in [0.4, 0.5) is 0 Å². The zero-order valence-electron chi connectivity index (χ0n) is 17.1. The normalized spacial score (nSPS) is 12.4. The molecule has 0 N–H and O–H groups in total. The van der Waals surface area contributed by atoms with Gasteiger partial charge in [-0.2, -0.15) is 16.8 Å². The first-order valence-corrected chi connectivity index (χ1v) is 13.7. The summed E-state index contributed by atoms with van der Waals surface area (Å²) in [5.41, 5.74) is 0. The minimum Gasteiger partial charge on any atom is -0.744 e. The lowest BCUT2D eigenvalue weighted by atomic mass is 10.1. The van der Waals surface area contributed by atoms with Crippen molar-refractivity contribution in [2.45, 2.75) is 14.7 Å². The molecule has 9 nitrogen and oxygen atoms in total. The molecular weight excluding hydrogens is 504 g/mol. The van der Waals surface area contributed by atoms with E-state index in [0.717, 1.165) is 18.2 Å². The molecule has 0 unspecified atom stereocenters. The fraction of sp³-hybridized carbons (Fsp3) is 0. The van der Waals surface area contributed by atoms with Gasteiger partial charge < -0.3 is 12.9 Å². The van der Waals surface area contributed by atoms with E-state index in [9.17, 15) is 29.8 Å². The first-order chi connectivity index (χ1) is 16.0. The molecule has 4 aromatic rings. The molecular formula is C22H15O9S3-. The van der Waals surface area contributed by atoms with Crippen LogP contribution >= 0.6 is 0 Å². The van der Waals surface area contributed by atoms with Gasteiger partial charge in [0.05, 0.1) is 4.90 Å². The van der Waals surface area contributed by atoms with Crippen molar-refractivity contribution >= 4 is 41.1 Å². The summed E-state index contributed by atoms with van der Waals surface area (Å²) in [6.07, 6.45) is 0. The Labute approximate surface area is 196 Å². The van der Waals surface area contributed by atoms with Crippen LogP contribution in [-0.2, 0) is 30.4 Å². The predicted octanol–water partition coefficient (Wildman–Crippen LogP) is 3.28. The van der Waals surface area contributed by atoms with Gasteiger partial charge in [-0.1, -0.05) is 42.5 Å². The molecule has 4 rings (SSSR count). The molecule has 0 aliphatic carbocycles. The summed E-state index contributed by atoms with van der Waals surface area (Å²) < 4.78 is 95.7. The van der Waals surface area contributed by atoms with Gasteiger partial charge in [-0.25, -0.2) is 8.42 Å². The number of benzene rings is 4. The standard InChI is InChI=1S/C22H16O9S3/c23-32(24,25)20-12-11-16-14-21(30-33(26,27)18-7-3-1-4-8-18)22(15-17(16)13-20)31-34(28,29)19-9-5-2-6-10-19/h1-15H,(H,23,24,25)/p-1. The molecule has 176 valence electrons. The van der Waals surface area contributed by atoms with Gasteiger partial charge in [-0.15, -0.1) is 0 Å². The van der Waals surface area contributed by atoms with Crippen molar-refractivity contribution in [2.24, 2.45) is 0 Å². The van der Waals surface area contributed by atoms with Crippen LogP contribution in [-0.4, -0.2) is 29.8 Å². The number of fused-ring (bicyclic) bond motifs is 1. The van der Waals surface area contributed by atoms with Gasteiger partial charge in [-0.05, 0) is 59.3 Å². The van der Waals surface area contributed by atoms with Crippen molar-refractivity contribution in [3.63, 3.8) is 0 Å². The Bertz CT molecular complexity index is 1680. The second-order valence-electron chi connectivity index (χ2n) is 6.96. The summed E-state index contributed by atoms with van der Waals surface area (Å²) in [6, 6.07) is 19.8. The highest BCUT2D eigenvalue weighted by Crippen LogP contribution is 2.37. The Morgan fingerprint density at radius 2 is 0.941 bits per heavy atom. The Hall–Kier alpha value is -3.45. The minimum atomic E-state index is -4.80. The molecule has 0 fully saturated rings. The smallest absolute Gasteiger partial charge is 0.339 e. The first kappa shape index (κ1) is 23.7.